The number of hydrogen-bond donors (Lipinski definition) is 0. The molecule has 0 saturated carbocycles. The molecule has 2 nitrogen and oxygen atoms in total. The molecule has 0 bridgehead atoms. The first-order valence-electron chi connectivity index (χ1n) is 8.95. The average Bonchev–Trinajstić information content (AvgIpc) is 2.55. The van der Waals surface area contributed by atoms with Crippen molar-refractivity contribution < 1.29 is 8.85 Å². The summed E-state index contributed by atoms with van der Waals surface area (Å²) in [4.78, 5) is 0. The van der Waals surface area contributed by atoms with Gasteiger partial charge in [-0.3, -0.25) is 0 Å². The number of halogens is 3. The molecule has 0 aromatic heterocycles. The molecule has 0 saturated heterocycles. The van der Waals surface area contributed by atoms with Gasteiger partial charge in [0.05, 0.1) is 10.0 Å². The first-order chi connectivity index (χ1) is 11.5. The zero-order valence-corrected chi connectivity index (χ0v) is 18.2. The van der Waals surface area contributed by atoms with Crippen LogP contribution in [0.5, 0.6) is 5.75 Å². The summed E-state index contributed by atoms with van der Waals surface area (Å²) in [6.45, 7) is 7.18. The van der Waals surface area contributed by atoms with Crippen LogP contribution in [0.3, 0.4) is 0 Å². The molecule has 0 amide bonds. The number of unbranched alkanes of at least 4 members (excludes halogenated alkanes) is 5. The van der Waals surface area contributed by atoms with Crippen molar-refractivity contribution in [1.82, 2.24) is 0 Å². The Morgan fingerprint density at radius 1 is 0.833 bits per heavy atom. The van der Waals surface area contributed by atoms with E-state index in [4.69, 9.17) is 43.7 Å². The molecule has 0 N–H and O–H groups in total. The molecular weight excluding hydrogens is 383 g/mol. The second kappa shape index (κ2) is 11.6. The zero-order chi connectivity index (χ0) is 18.0. The second-order valence-corrected chi connectivity index (χ2v) is 11.0. The van der Waals surface area contributed by atoms with Gasteiger partial charge in [0, 0.05) is 11.6 Å². The van der Waals surface area contributed by atoms with Gasteiger partial charge in [0.15, 0.2) is 0 Å². The van der Waals surface area contributed by atoms with Crippen molar-refractivity contribution in [2.24, 2.45) is 0 Å². The maximum atomic E-state index is 6.26. The minimum Gasteiger partial charge on any atom is -0.518 e. The van der Waals surface area contributed by atoms with Gasteiger partial charge in [0.25, 0.3) is 0 Å². The van der Waals surface area contributed by atoms with Crippen molar-refractivity contribution in [2.75, 3.05) is 6.61 Å². The van der Waals surface area contributed by atoms with E-state index in [0.717, 1.165) is 25.1 Å². The summed E-state index contributed by atoms with van der Waals surface area (Å²) in [7, 11) is -2.35. The van der Waals surface area contributed by atoms with E-state index in [9.17, 15) is 0 Å². The molecule has 0 atom stereocenters. The van der Waals surface area contributed by atoms with Crippen LogP contribution in [0.2, 0.25) is 27.2 Å². The Kier molecular flexibility index (Phi) is 10.7. The lowest BCUT2D eigenvalue weighted by atomic mass is 10.1. The third kappa shape index (κ3) is 7.13. The van der Waals surface area contributed by atoms with Crippen LogP contribution in [0.15, 0.2) is 12.1 Å². The van der Waals surface area contributed by atoms with Gasteiger partial charge in [0.2, 0.25) is 0 Å². The van der Waals surface area contributed by atoms with Crippen molar-refractivity contribution in [2.45, 2.75) is 71.4 Å². The quantitative estimate of drug-likeness (QED) is 0.257. The zero-order valence-electron chi connectivity index (χ0n) is 15.0. The summed E-state index contributed by atoms with van der Waals surface area (Å²) < 4.78 is 12.5. The molecule has 0 fully saturated rings. The molecule has 0 heterocycles. The van der Waals surface area contributed by atoms with E-state index in [0.29, 0.717) is 20.8 Å². The number of rotatable bonds is 12. The van der Waals surface area contributed by atoms with Gasteiger partial charge >= 0.3 is 8.56 Å². The summed E-state index contributed by atoms with van der Waals surface area (Å²) in [5.41, 5.74) is 0. The molecule has 0 aliphatic carbocycles. The Balaban J connectivity index is 2.62. The highest BCUT2D eigenvalue weighted by Crippen LogP contribution is 2.38. The Morgan fingerprint density at radius 2 is 1.38 bits per heavy atom. The van der Waals surface area contributed by atoms with Crippen LogP contribution in [-0.4, -0.2) is 15.2 Å². The predicted molar refractivity (Wildman–Crippen MR) is 108 cm³/mol. The van der Waals surface area contributed by atoms with Gasteiger partial charge in [-0.15, -0.1) is 0 Å². The van der Waals surface area contributed by atoms with Crippen LogP contribution < -0.4 is 4.43 Å². The average molecular weight is 412 g/mol. The Labute approximate surface area is 163 Å². The summed E-state index contributed by atoms with van der Waals surface area (Å²) in [5, 5.41) is 1.38. The van der Waals surface area contributed by atoms with Gasteiger partial charge in [-0.05, 0) is 30.6 Å². The summed E-state index contributed by atoms with van der Waals surface area (Å²) in [6.07, 6.45) is 7.46. The molecule has 138 valence electrons. The largest absolute Gasteiger partial charge is 0.518 e. The van der Waals surface area contributed by atoms with E-state index in [2.05, 4.69) is 20.8 Å². The van der Waals surface area contributed by atoms with E-state index < -0.39 is 8.56 Å². The van der Waals surface area contributed by atoms with Crippen LogP contribution >= 0.6 is 34.8 Å². The molecule has 0 radical (unpaired) electrons. The maximum Gasteiger partial charge on any atom is 0.398 e. The van der Waals surface area contributed by atoms with Crippen molar-refractivity contribution >= 4 is 43.4 Å². The van der Waals surface area contributed by atoms with Crippen molar-refractivity contribution in [1.29, 1.82) is 0 Å². The van der Waals surface area contributed by atoms with Crippen molar-refractivity contribution in [3.05, 3.63) is 27.2 Å². The van der Waals surface area contributed by atoms with Gasteiger partial charge in [0.1, 0.15) is 5.75 Å². The molecule has 1 aromatic rings. The molecule has 0 aliphatic heterocycles. The lowest BCUT2D eigenvalue weighted by Crippen LogP contribution is -2.44. The number of hydrogen-bond acceptors (Lipinski definition) is 2. The molecule has 1 rings (SSSR count). The van der Waals surface area contributed by atoms with Crippen LogP contribution in [0.4, 0.5) is 0 Å². The third-order valence-electron chi connectivity index (χ3n) is 4.19. The summed E-state index contributed by atoms with van der Waals surface area (Å²) in [6, 6.07) is 5.02. The normalized spacial score (nSPS) is 11.8. The highest BCUT2D eigenvalue weighted by atomic mass is 35.5. The van der Waals surface area contributed by atoms with Crippen LogP contribution in [-0.2, 0) is 4.43 Å². The fourth-order valence-electron chi connectivity index (χ4n) is 2.58. The Bertz CT molecular complexity index is 470. The highest BCUT2D eigenvalue weighted by molar-refractivity contribution is 6.68. The fourth-order valence-corrected chi connectivity index (χ4v) is 5.97. The molecule has 1 aromatic carbocycles. The van der Waals surface area contributed by atoms with E-state index in [1.165, 1.54) is 32.1 Å². The van der Waals surface area contributed by atoms with Crippen molar-refractivity contribution in [3.8, 4) is 5.75 Å². The number of benzene rings is 1. The second-order valence-electron chi connectivity index (χ2n) is 6.03. The Morgan fingerprint density at radius 3 is 1.92 bits per heavy atom. The van der Waals surface area contributed by atoms with Crippen LogP contribution in [0.25, 0.3) is 0 Å². The molecule has 0 spiro atoms. The van der Waals surface area contributed by atoms with E-state index in [1.54, 1.807) is 12.1 Å². The van der Waals surface area contributed by atoms with Gasteiger partial charge in [-0.2, -0.15) is 0 Å². The smallest absolute Gasteiger partial charge is 0.398 e. The van der Waals surface area contributed by atoms with Crippen molar-refractivity contribution in [3.63, 3.8) is 0 Å². The standard InChI is InChI=1S/C18H29Cl3O2Si/c1-4-7-8-9-10-11-12-22-24(5-2,6-3)23-18-16(20)13-15(19)14-17(18)21/h13-14H,4-12H2,1-3H3. The van der Waals surface area contributed by atoms with E-state index >= 15 is 0 Å². The highest BCUT2D eigenvalue weighted by Gasteiger charge is 2.37. The minimum absolute atomic E-state index is 0.439. The minimum atomic E-state index is -2.35. The monoisotopic (exact) mass is 410 g/mol. The van der Waals surface area contributed by atoms with Gasteiger partial charge in [-0.25, -0.2) is 0 Å². The van der Waals surface area contributed by atoms with E-state index in [1.807, 2.05) is 0 Å². The predicted octanol–water partition coefficient (Wildman–Crippen LogP) is 7.88. The maximum absolute atomic E-state index is 6.26. The Hall–Kier alpha value is 0.0669. The third-order valence-corrected chi connectivity index (χ3v) is 8.43. The van der Waals surface area contributed by atoms with E-state index in [-0.39, 0.29) is 0 Å². The summed E-state index contributed by atoms with van der Waals surface area (Å²) >= 11 is 18.5. The molecule has 0 unspecified atom stereocenters. The topological polar surface area (TPSA) is 18.5 Å². The van der Waals surface area contributed by atoms with Gasteiger partial charge in [-0.1, -0.05) is 87.7 Å². The molecule has 6 heteroatoms. The molecule has 24 heavy (non-hydrogen) atoms. The van der Waals surface area contributed by atoms with Crippen LogP contribution in [0.1, 0.15) is 59.3 Å². The molecular formula is C18H29Cl3O2Si. The SMILES string of the molecule is CCCCCCCCO[Si](CC)(CC)Oc1c(Cl)cc(Cl)cc1Cl. The fraction of sp³-hybridized carbons (Fsp3) is 0.667. The first kappa shape index (κ1) is 22.1. The first-order valence-corrected chi connectivity index (χ1v) is 12.3. The summed E-state index contributed by atoms with van der Waals surface area (Å²) in [5.74, 6) is 0.501. The van der Waals surface area contributed by atoms with Crippen LogP contribution in [0, 0.1) is 0 Å². The van der Waals surface area contributed by atoms with Gasteiger partial charge < -0.3 is 8.85 Å². The molecule has 0 aliphatic rings. The lowest BCUT2D eigenvalue weighted by Gasteiger charge is -2.30. The lowest BCUT2D eigenvalue weighted by molar-refractivity contribution is 0.230.